The Hall–Kier alpha value is -1.07. The maximum atomic E-state index is 5.57. The fourth-order valence-electron chi connectivity index (χ4n) is 2.37. The molecule has 1 fully saturated rings. The predicted molar refractivity (Wildman–Crippen MR) is 72.8 cm³/mol. The van der Waals surface area contributed by atoms with E-state index in [1.54, 1.807) is 0 Å². The van der Waals surface area contributed by atoms with E-state index in [4.69, 9.17) is 4.74 Å². The van der Waals surface area contributed by atoms with Crippen molar-refractivity contribution in [2.45, 2.75) is 26.3 Å². The predicted octanol–water partition coefficient (Wildman–Crippen LogP) is 1.16. The minimum Gasteiger partial charge on any atom is -0.379 e. The number of nitrogens with one attached hydrogen (secondary N) is 2. The average Bonchev–Trinajstić information content (AvgIpc) is 2.90. The van der Waals surface area contributed by atoms with Crippen LogP contribution in [0.1, 0.15) is 19.0 Å². The summed E-state index contributed by atoms with van der Waals surface area (Å²) in [6.07, 6.45) is 1.16. The Kier molecular flexibility index (Phi) is 4.60. The monoisotopic (exact) mass is 252 g/mol. The third-order valence-corrected chi connectivity index (χ3v) is 3.40. The fourth-order valence-corrected chi connectivity index (χ4v) is 2.37. The number of hydrogen-bond acceptors (Lipinski definition) is 4. The smallest absolute Gasteiger partial charge is 0.124 e. The Labute approximate surface area is 109 Å². The van der Waals surface area contributed by atoms with E-state index in [0.717, 1.165) is 44.2 Å². The summed E-state index contributed by atoms with van der Waals surface area (Å²) in [7, 11) is 1.97. The van der Waals surface area contributed by atoms with Crippen LogP contribution >= 0.6 is 0 Å². The zero-order valence-electron chi connectivity index (χ0n) is 11.6. The van der Waals surface area contributed by atoms with Gasteiger partial charge in [-0.3, -0.25) is 4.68 Å². The van der Waals surface area contributed by atoms with E-state index in [1.807, 2.05) is 18.7 Å². The van der Waals surface area contributed by atoms with Crippen LogP contribution in [0.5, 0.6) is 0 Å². The standard InChI is InChI=1S/C13H24N4O/c1-4-5-14-12-9-18-8-11(12)7-15-13-6-10(2)16-17(13)3/h6,11-12,14-15H,4-5,7-9H2,1-3H3. The topological polar surface area (TPSA) is 51.1 Å². The van der Waals surface area contributed by atoms with Gasteiger partial charge in [0, 0.05) is 31.6 Å². The summed E-state index contributed by atoms with van der Waals surface area (Å²) in [5.74, 6) is 1.61. The third kappa shape index (κ3) is 3.23. The van der Waals surface area contributed by atoms with E-state index in [1.165, 1.54) is 0 Å². The number of hydrogen-bond donors (Lipinski definition) is 2. The molecule has 1 aliphatic heterocycles. The molecular formula is C13H24N4O. The summed E-state index contributed by atoms with van der Waals surface area (Å²) >= 11 is 0. The molecule has 2 rings (SSSR count). The zero-order valence-corrected chi connectivity index (χ0v) is 11.6. The summed E-state index contributed by atoms with van der Waals surface area (Å²) in [6.45, 7) is 7.86. The van der Waals surface area contributed by atoms with Crippen LogP contribution in [-0.2, 0) is 11.8 Å². The van der Waals surface area contributed by atoms with Gasteiger partial charge >= 0.3 is 0 Å². The molecule has 0 bridgehead atoms. The summed E-state index contributed by atoms with van der Waals surface area (Å²) in [5, 5.41) is 11.3. The second kappa shape index (κ2) is 6.20. The molecule has 2 unspecified atom stereocenters. The van der Waals surface area contributed by atoms with Crippen LogP contribution in [0.2, 0.25) is 0 Å². The maximum Gasteiger partial charge on any atom is 0.124 e. The Morgan fingerprint density at radius 2 is 2.33 bits per heavy atom. The van der Waals surface area contributed by atoms with E-state index < -0.39 is 0 Å². The lowest BCUT2D eigenvalue weighted by molar-refractivity contribution is 0.183. The van der Waals surface area contributed by atoms with Gasteiger partial charge in [-0.1, -0.05) is 6.92 Å². The molecule has 0 amide bonds. The van der Waals surface area contributed by atoms with Crippen molar-refractivity contribution in [3.05, 3.63) is 11.8 Å². The Morgan fingerprint density at radius 1 is 1.50 bits per heavy atom. The highest BCUT2D eigenvalue weighted by Gasteiger charge is 2.27. The fraction of sp³-hybridized carbons (Fsp3) is 0.769. The van der Waals surface area contributed by atoms with E-state index in [0.29, 0.717) is 12.0 Å². The Bertz CT molecular complexity index is 377. The molecule has 2 atom stereocenters. The quantitative estimate of drug-likeness (QED) is 0.797. The van der Waals surface area contributed by atoms with Crippen LogP contribution in [0.25, 0.3) is 0 Å². The first kappa shape index (κ1) is 13.4. The zero-order chi connectivity index (χ0) is 13.0. The van der Waals surface area contributed by atoms with E-state index in [2.05, 4.69) is 28.7 Å². The van der Waals surface area contributed by atoms with E-state index >= 15 is 0 Å². The van der Waals surface area contributed by atoms with Gasteiger partial charge in [0.25, 0.3) is 0 Å². The number of anilines is 1. The minimum absolute atomic E-state index is 0.478. The van der Waals surface area contributed by atoms with Gasteiger partial charge < -0.3 is 15.4 Å². The summed E-state index contributed by atoms with van der Waals surface area (Å²) in [6, 6.07) is 2.55. The first-order valence-corrected chi connectivity index (χ1v) is 6.76. The minimum atomic E-state index is 0.478. The first-order valence-electron chi connectivity index (χ1n) is 6.76. The molecule has 2 heterocycles. The molecule has 0 saturated carbocycles. The second-order valence-electron chi connectivity index (χ2n) is 5.03. The molecule has 1 saturated heterocycles. The van der Waals surface area contributed by atoms with E-state index in [-0.39, 0.29) is 0 Å². The second-order valence-corrected chi connectivity index (χ2v) is 5.03. The van der Waals surface area contributed by atoms with Crippen molar-refractivity contribution in [1.29, 1.82) is 0 Å². The van der Waals surface area contributed by atoms with Crippen LogP contribution < -0.4 is 10.6 Å². The largest absolute Gasteiger partial charge is 0.379 e. The van der Waals surface area contributed by atoms with Gasteiger partial charge in [-0.2, -0.15) is 5.10 Å². The molecule has 5 nitrogen and oxygen atoms in total. The van der Waals surface area contributed by atoms with Crippen molar-refractivity contribution in [2.75, 3.05) is 31.6 Å². The van der Waals surface area contributed by atoms with Gasteiger partial charge in [0.1, 0.15) is 5.82 Å². The van der Waals surface area contributed by atoms with Gasteiger partial charge in [-0.05, 0) is 19.9 Å². The molecule has 0 aromatic carbocycles. The van der Waals surface area contributed by atoms with Crippen LogP contribution in [-0.4, -0.2) is 42.1 Å². The highest BCUT2D eigenvalue weighted by molar-refractivity contribution is 5.36. The van der Waals surface area contributed by atoms with Gasteiger partial charge in [-0.25, -0.2) is 0 Å². The van der Waals surface area contributed by atoms with Crippen LogP contribution in [0.4, 0.5) is 5.82 Å². The van der Waals surface area contributed by atoms with Crippen LogP contribution in [0.3, 0.4) is 0 Å². The Morgan fingerprint density at radius 3 is 3.00 bits per heavy atom. The normalized spacial score (nSPS) is 23.5. The molecule has 1 aromatic rings. The molecule has 2 N–H and O–H groups in total. The molecule has 1 aromatic heterocycles. The molecule has 5 heteroatoms. The molecule has 0 spiro atoms. The number of aryl methyl sites for hydroxylation is 2. The van der Waals surface area contributed by atoms with Crippen molar-refractivity contribution in [1.82, 2.24) is 15.1 Å². The van der Waals surface area contributed by atoms with Gasteiger partial charge in [0.05, 0.1) is 18.9 Å². The van der Waals surface area contributed by atoms with Crippen molar-refractivity contribution in [3.8, 4) is 0 Å². The number of rotatable bonds is 6. The number of ether oxygens (including phenoxy) is 1. The maximum absolute atomic E-state index is 5.57. The highest BCUT2D eigenvalue weighted by atomic mass is 16.5. The average molecular weight is 252 g/mol. The molecule has 18 heavy (non-hydrogen) atoms. The summed E-state index contributed by atoms with van der Waals surface area (Å²) in [4.78, 5) is 0. The lowest BCUT2D eigenvalue weighted by Gasteiger charge is -2.19. The van der Waals surface area contributed by atoms with Gasteiger partial charge in [-0.15, -0.1) is 0 Å². The van der Waals surface area contributed by atoms with E-state index in [9.17, 15) is 0 Å². The first-order chi connectivity index (χ1) is 8.70. The van der Waals surface area contributed by atoms with Crippen molar-refractivity contribution in [3.63, 3.8) is 0 Å². The van der Waals surface area contributed by atoms with Gasteiger partial charge in [0.15, 0.2) is 0 Å². The van der Waals surface area contributed by atoms with Crippen LogP contribution in [0, 0.1) is 12.8 Å². The molecule has 1 aliphatic rings. The molecule has 0 aliphatic carbocycles. The lowest BCUT2D eigenvalue weighted by atomic mass is 10.0. The molecule has 102 valence electrons. The summed E-state index contributed by atoms with van der Waals surface area (Å²) < 4.78 is 7.45. The lowest BCUT2D eigenvalue weighted by Crippen LogP contribution is -2.39. The molecular weight excluding hydrogens is 228 g/mol. The van der Waals surface area contributed by atoms with Gasteiger partial charge in [0.2, 0.25) is 0 Å². The van der Waals surface area contributed by atoms with Crippen LogP contribution in [0.15, 0.2) is 6.07 Å². The SMILES string of the molecule is CCCNC1COCC1CNc1cc(C)nn1C. The van der Waals surface area contributed by atoms with Crippen molar-refractivity contribution < 1.29 is 4.74 Å². The number of nitrogens with zero attached hydrogens (tertiary/aromatic N) is 2. The van der Waals surface area contributed by atoms with Crippen molar-refractivity contribution in [2.24, 2.45) is 13.0 Å². The molecule has 0 radical (unpaired) electrons. The Balaban J connectivity index is 1.83. The third-order valence-electron chi connectivity index (χ3n) is 3.40. The number of aromatic nitrogens is 2. The van der Waals surface area contributed by atoms with Crippen molar-refractivity contribution >= 4 is 5.82 Å². The highest BCUT2D eigenvalue weighted by Crippen LogP contribution is 2.16. The summed E-state index contributed by atoms with van der Waals surface area (Å²) in [5.41, 5.74) is 1.04.